The Morgan fingerprint density at radius 3 is 2.87 bits per heavy atom. The largest absolute Gasteiger partial charge is 0.338 e. The van der Waals surface area contributed by atoms with Crippen molar-refractivity contribution < 1.29 is 4.79 Å². The maximum Gasteiger partial charge on any atom is 0.319 e. The van der Waals surface area contributed by atoms with E-state index in [1.807, 2.05) is 12.1 Å². The SMILES string of the molecule is O=C(NCCCN1CCCC1)Nc1cccnc1-n1cccn1. The highest BCUT2D eigenvalue weighted by Gasteiger charge is 2.11. The van der Waals surface area contributed by atoms with Crippen molar-refractivity contribution in [3.63, 3.8) is 0 Å². The molecule has 1 saturated heterocycles. The number of rotatable bonds is 6. The number of amides is 2. The summed E-state index contributed by atoms with van der Waals surface area (Å²) in [6, 6.07) is 5.20. The lowest BCUT2D eigenvalue weighted by Crippen LogP contribution is -2.32. The Labute approximate surface area is 135 Å². The predicted octanol–water partition coefficient (Wildman–Crippen LogP) is 1.87. The van der Waals surface area contributed by atoms with Crippen LogP contribution in [0.4, 0.5) is 10.5 Å². The minimum atomic E-state index is -0.215. The fraction of sp³-hybridized carbons (Fsp3) is 0.438. The molecule has 0 radical (unpaired) electrons. The molecule has 0 unspecified atom stereocenters. The van der Waals surface area contributed by atoms with E-state index < -0.39 is 0 Å². The van der Waals surface area contributed by atoms with Gasteiger partial charge < -0.3 is 15.5 Å². The number of aromatic nitrogens is 3. The molecule has 1 fully saturated rings. The number of hydrogen-bond acceptors (Lipinski definition) is 4. The first kappa shape index (κ1) is 15.5. The van der Waals surface area contributed by atoms with Gasteiger partial charge in [0.15, 0.2) is 5.82 Å². The van der Waals surface area contributed by atoms with Crippen LogP contribution in [0.1, 0.15) is 19.3 Å². The smallest absolute Gasteiger partial charge is 0.319 e. The molecule has 0 aromatic carbocycles. The lowest BCUT2D eigenvalue weighted by atomic mass is 10.3. The average Bonchev–Trinajstić information content (AvgIpc) is 3.26. The summed E-state index contributed by atoms with van der Waals surface area (Å²) >= 11 is 0. The molecule has 0 spiro atoms. The highest BCUT2D eigenvalue weighted by molar-refractivity contribution is 5.90. The fourth-order valence-electron chi connectivity index (χ4n) is 2.75. The van der Waals surface area contributed by atoms with Gasteiger partial charge in [-0.2, -0.15) is 5.10 Å². The Balaban J connectivity index is 1.48. The summed E-state index contributed by atoms with van der Waals surface area (Å²) in [5, 5.41) is 9.88. The lowest BCUT2D eigenvalue weighted by molar-refractivity contribution is 0.251. The summed E-state index contributed by atoms with van der Waals surface area (Å²) in [7, 11) is 0. The van der Waals surface area contributed by atoms with Gasteiger partial charge in [0.05, 0.1) is 5.69 Å². The standard InChI is InChI=1S/C16H22N6O/c23-16(18-8-4-12-21-10-1-2-11-21)20-14-6-3-7-17-15(14)22-13-5-9-19-22/h3,5-7,9,13H,1-2,4,8,10-12H2,(H2,18,20,23). The Bertz CT molecular complexity index is 621. The molecule has 23 heavy (non-hydrogen) atoms. The Morgan fingerprint density at radius 1 is 1.22 bits per heavy atom. The van der Waals surface area contributed by atoms with Crippen molar-refractivity contribution in [2.24, 2.45) is 0 Å². The second-order valence-electron chi connectivity index (χ2n) is 5.61. The van der Waals surface area contributed by atoms with Crippen LogP contribution in [0.2, 0.25) is 0 Å². The summed E-state index contributed by atoms with van der Waals surface area (Å²) in [4.78, 5) is 18.8. The summed E-state index contributed by atoms with van der Waals surface area (Å²) in [5.41, 5.74) is 0.633. The third kappa shape index (κ3) is 4.29. The molecule has 0 bridgehead atoms. The normalized spacial score (nSPS) is 14.8. The molecule has 0 saturated carbocycles. The number of carbonyl (C=O) groups is 1. The van der Waals surface area contributed by atoms with Crippen LogP contribution in [0.5, 0.6) is 0 Å². The summed E-state index contributed by atoms with van der Waals surface area (Å²) < 4.78 is 1.63. The molecule has 7 nitrogen and oxygen atoms in total. The fourth-order valence-corrected chi connectivity index (χ4v) is 2.75. The van der Waals surface area contributed by atoms with Gasteiger partial charge >= 0.3 is 6.03 Å². The molecule has 0 atom stereocenters. The Morgan fingerprint density at radius 2 is 2.09 bits per heavy atom. The molecule has 122 valence electrons. The molecule has 0 aliphatic carbocycles. The van der Waals surface area contributed by atoms with Crippen LogP contribution in [0, 0.1) is 0 Å². The zero-order valence-corrected chi connectivity index (χ0v) is 13.1. The van der Waals surface area contributed by atoms with Gasteiger partial charge in [-0.3, -0.25) is 0 Å². The summed E-state index contributed by atoms with van der Waals surface area (Å²) in [5.74, 6) is 0.602. The van der Waals surface area contributed by atoms with Gasteiger partial charge in [0.1, 0.15) is 0 Å². The van der Waals surface area contributed by atoms with Gasteiger partial charge in [0.2, 0.25) is 0 Å². The first-order valence-corrected chi connectivity index (χ1v) is 8.05. The molecule has 3 rings (SSSR count). The minimum absolute atomic E-state index is 0.215. The topological polar surface area (TPSA) is 75.1 Å². The van der Waals surface area contributed by atoms with Crippen LogP contribution in [-0.4, -0.2) is 51.9 Å². The second kappa shape index (κ2) is 7.73. The molecule has 3 heterocycles. The van der Waals surface area contributed by atoms with E-state index in [1.54, 1.807) is 29.3 Å². The number of carbonyl (C=O) groups excluding carboxylic acids is 1. The van der Waals surface area contributed by atoms with Crippen molar-refractivity contribution in [3.8, 4) is 5.82 Å². The minimum Gasteiger partial charge on any atom is -0.338 e. The average molecular weight is 314 g/mol. The summed E-state index contributed by atoms with van der Waals surface area (Å²) in [6.45, 7) is 4.09. The van der Waals surface area contributed by atoms with Crippen molar-refractivity contribution in [1.82, 2.24) is 25.0 Å². The Hall–Kier alpha value is -2.41. The number of likely N-dealkylation sites (tertiary alicyclic amines) is 1. The highest BCUT2D eigenvalue weighted by atomic mass is 16.2. The Kier molecular flexibility index (Phi) is 5.21. The first-order valence-electron chi connectivity index (χ1n) is 8.05. The predicted molar refractivity (Wildman–Crippen MR) is 88.7 cm³/mol. The number of nitrogens with zero attached hydrogens (tertiary/aromatic N) is 4. The van der Waals surface area contributed by atoms with Gasteiger partial charge in [-0.05, 0) is 57.1 Å². The van der Waals surface area contributed by atoms with Gasteiger partial charge in [0, 0.05) is 25.1 Å². The van der Waals surface area contributed by atoms with Crippen molar-refractivity contribution >= 4 is 11.7 Å². The molecule has 1 aliphatic heterocycles. The van der Waals surface area contributed by atoms with E-state index >= 15 is 0 Å². The number of anilines is 1. The van der Waals surface area contributed by atoms with Crippen LogP contribution in [0.15, 0.2) is 36.8 Å². The van der Waals surface area contributed by atoms with E-state index in [2.05, 4.69) is 25.6 Å². The molecule has 2 aromatic heterocycles. The van der Waals surface area contributed by atoms with Crippen LogP contribution < -0.4 is 10.6 Å². The zero-order valence-electron chi connectivity index (χ0n) is 13.1. The van der Waals surface area contributed by atoms with Crippen molar-refractivity contribution in [2.45, 2.75) is 19.3 Å². The molecule has 2 N–H and O–H groups in total. The molecule has 1 aliphatic rings. The van der Waals surface area contributed by atoms with E-state index in [0.29, 0.717) is 18.1 Å². The van der Waals surface area contributed by atoms with Crippen LogP contribution in [-0.2, 0) is 0 Å². The van der Waals surface area contributed by atoms with Crippen LogP contribution >= 0.6 is 0 Å². The van der Waals surface area contributed by atoms with E-state index in [9.17, 15) is 4.79 Å². The van der Waals surface area contributed by atoms with E-state index in [4.69, 9.17) is 0 Å². The number of nitrogens with one attached hydrogen (secondary N) is 2. The molecular weight excluding hydrogens is 292 g/mol. The first-order chi connectivity index (χ1) is 11.3. The van der Waals surface area contributed by atoms with E-state index in [-0.39, 0.29) is 6.03 Å². The molecule has 2 amide bonds. The summed E-state index contributed by atoms with van der Waals surface area (Å²) in [6.07, 6.45) is 8.71. The van der Waals surface area contributed by atoms with Gasteiger partial charge in [0.25, 0.3) is 0 Å². The van der Waals surface area contributed by atoms with E-state index in [0.717, 1.165) is 13.0 Å². The lowest BCUT2D eigenvalue weighted by Gasteiger charge is -2.15. The molecule has 2 aromatic rings. The second-order valence-corrected chi connectivity index (χ2v) is 5.61. The molecule has 7 heteroatoms. The zero-order chi connectivity index (χ0) is 15.9. The maximum atomic E-state index is 12.0. The molecular formula is C16H22N6O. The van der Waals surface area contributed by atoms with Crippen molar-refractivity contribution in [2.75, 3.05) is 31.5 Å². The van der Waals surface area contributed by atoms with Gasteiger partial charge in [-0.15, -0.1) is 0 Å². The monoisotopic (exact) mass is 314 g/mol. The quantitative estimate of drug-likeness (QED) is 0.798. The van der Waals surface area contributed by atoms with Crippen LogP contribution in [0.3, 0.4) is 0 Å². The van der Waals surface area contributed by atoms with Crippen molar-refractivity contribution in [1.29, 1.82) is 0 Å². The van der Waals surface area contributed by atoms with Crippen molar-refractivity contribution in [3.05, 3.63) is 36.8 Å². The number of pyridine rings is 1. The third-order valence-corrected chi connectivity index (χ3v) is 3.89. The van der Waals surface area contributed by atoms with E-state index in [1.165, 1.54) is 25.9 Å². The maximum absolute atomic E-state index is 12.0. The number of hydrogen-bond donors (Lipinski definition) is 2. The number of urea groups is 1. The van der Waals surface area contributed by atoms with Crippen LogP contribution in [0.25, 0.3) is 5.82 Å². The highest BCUT2D eigenvalue weighted by Crippen LogP contribution is 2.15. The third-order valence-electron chi connectivity index (χ3n) is 3.89. The van der Waals surface area contributed by atoms with Gasteiger partial charge in [-0.25, -0.2) is 14.5 Å². The van der Waals surface area contributed by atoms with Gasteiger partial charge in [-0.1, -0.05) is 0 Å².